The van der Waals surface area contributed by atoms with E-state index in [9.17, 15) is 4.79 Å². The summed E-state index contributed by atoms with van der Waals surface area (Å²) < 4.78 is 5.66. The summed E-state index contributed by atoms with van der Waals surface area (Å²) in [6.07, 6.45) is 0.294. The number of carbonyl (C=O) groups is 1. The normalized spacial score (nSPS) is 12.1. The summed E-state index contributed by atoms with van der Waals surface area (Å²) in [5.41, 5.74) is 7.92. The maximum Gasteiger partial charge on any atom is 0.303 e. The number of benzene rings is 3. The average molecular weight is 383 g/mol. The van der Waals surface area contributed by atoms with E-state index < -0.39 is 0 Å². The predicted molar refractivity (Wildman–Crippen MR) is 118 cm³/mol. The second-order valence-corrected chi connectivity index (χ2v) is 7.68. The summed E-state index contributed by atoms with van der Waals surface area (Å²) in [6, 6.07) is 25.3. The minimum absolute atomic E-state index is 0.277. The molecule has 146 valence electrons. The zero-order valence-electron chi connectivity index (χ0n) is 17.0. The molecule has 4 aromatic rings. The minimum Gasteiger partial charge on any atom is -0.456 e. The third kappa shape index (κ3) is 4.40. The molecule has 0 unspecified atom stereocenters. The van der Waals surface area contributed by atoms with Gasteiger partial charge in [0.05, 0.1) is 5.69 Å². The zero-order chi connectivity index (χ0) is 20.4. The lowest BCUT2D eigenvalue weighted by atomic mass is 10.0. The molecule has 0 spiro atoms. The Bertz CT molecular complexity index is 1160. The molecule has 0 aliphatic heterocycles. The maximum absolute atomic E-state index is 11.7. The summed E-state index contributed by atoms with van der Waals surface area (Å²) in [6.45, 7) is 5.63. The molecule has 0 radical (unpaired) electrons. The van der Waals surface area contributed by atoms with Gasteiger partial charge in [-0.1, -0.05) is 65.7 Å². The molecular formula is C26H25NO2. The molecule has 0 amide bonds. The fraction of sp³-hybridized carbons (Fsp3) is 0.192. The first-order valence-corrected chi connectivity index (χ1v) is 9.90. The summed E-state index contributed by atoms with van der Waals surface area (Å²) in [5.74, 6) is -0.277. The van der Waals surface area contributed by atoms with Crippen LogP contribution in [-0.2, 0) is 16.0 Å². The first-order valence-electron chi connectivity index (χ1n) is 9.90. The van der Waals surface area contributed by atoms with Gasteiger partial charge in [0.15, 0.2) is 0 Å². The van der Waals surface area contributed by atoms with Gasteiger partial charge in [0.1, 0.15) is 6.10 Å². The number of esters is 1. The fourth-order valence-corrected chi connectivity index (χ4v) is 3.69. The Balaban J connectivity index is 1.68. The topological polar surface area (TPSA) is 42.1 Å². The van der Waals surface area contributed by atoms with Crippen LogP contribution in [-0.4, -0.2) is 11.0 Å². The molecule has 3 nitrogen and oxygen atoms in total. The van der Waals surface area contributed by atoms with Crippen molar-refractivity contribution in [1.29, 1.82) is 0 Å². The van der Waals surface area contributed by atoms with E-state index in [1.807, 2.05) is 0 Å². The largest absolute Gasteiger partial charge is 0.456 e. The van der Waals surface area contributed by atoms with Crippen LogP contribution < -0.4 is 0 Å². The molecule has 1 N–H and O–H groups in total. The molecule has 1 heterocycles. The highest BCUT2D eigenvalue weighted by Gasteiger charge is 2.18. The van der Waals surface area contributed by atoms with Crippen molar-refractivity contribution in [3.05, 3.63) is 95.2 Å². The van der Waals surface area contributed by atoms with Crippen molar-refractivity contribution in [3.8, 4) is 11.1 Å². The number of hydrogen-bond donors (Lipinski definition) is 1. The molecule has 1 atom stereocenters. The van der Waals surface area contributed by atoms with Crippen molar-refractivity contribution in [2.75, 3.05) is 0 Å². The Kier molecular flexibility index (Phi) is 5.22. The molecule has 0 aliphatic carbocycles. The van der Waals surface area contributed by atoms with E-state index >= 15 is 0 Å². The number of aromatic nitrogens is 1. The second kappa shape index (κ2) is 7.96. The van der Waals surface area contributed by atoms with E-state index in [1.165, 1.54) is 29.2 Å². The molecule has 4 rings (SSSR count). The Morgan fingerprint density at radius 3 is 2.38 bits per heavy atom. The van der Waals surface area contributed by atoms with Crippen molar-refractivity contribution >= 4 is 16.9 Å². The van der Waals surface area contributed by atoms with Gasteiger partial charge in [-0.3, -0.25) is 4.79 Å². The summed E-state index contributed by atoms with van der Waals surface area (Å²) in [7, 11) is 0. The summed E-state index contributed by atoms with van der Waals surface area (Å²) in [5, 5.41) is 1.11. The highest BCUT2D eigenvalue weighted by molar-refractivity contribution is 5.86. The Morgan fingerprint density at radius 2 is 1.66 bits per heavy atom. The van der Waals surface area contributed by atoms with Gasteiger partial charge >= 0.3 is 5.97 Å². The second-order valence-electron chi connectivity index (χ2n) is 7.68. The van der Waals surface area contributed by atoms with Gasteiger partial charge in [0.25, 0.3) is 0 Å². The Hall–Kier alpha value is -3.33. The quantitative estimate of drug-likeness (QED) is 0.411. The number of carbonyl (C=O) groups excluding carboxylic acids is 1. The summed E-state index contributed by atoms with van der Waals surface area (Å²) >= 11 is 0. The van der Waals surface area contributed by atoms with Crippen LogP contribution in [0.4, 0.5) is 0 Å². The average Bonchev–Trinajstić information content (AvgIpc) is 3.12. The fourth-order valence-electron chi connectivity index (χ4n) is 3.69. The van der Waals surface area contributed by atoms with Crippen molar-refractivity contribution in [2.45, 2.75) is 33.3 Å². The van der Waals surface area contributed by atoms with Crippen LogP contribution in [0.15, 0.2) is 72.8 Å². The van der Waals surface area contributed by atoms with E-state index in [4.69, 9.17) is 4.74 Å². The monoisotopic (exact) mass is 383 g/mol. The Labute approximate surface area is 171 Å². The van der Waals surface area contributed by atoms with Crippen LogP contribution in [0.2, 0.25) is 0 Å². The molecule has 3 aromatic carbocycles. The van der Waals surface area contributed by atoms with E-state index in [2.05, 4.69) is 91.6 Å². The number of aryl methyl sites for hydroxylation is 2. The van der Waals surface area contributed by atoms with Crippen LogP contribution >= 0.6 is 0 Å². The Morgan fingerprint density at radius 1 is 0.897 bits per heavy atom. The van der Waals surface area contributed by atoms with Crippen molar-refractivity contribution < 1.29 is 9.53 Å². The van der Waals surface area contributed by atoms with Gasteiger partial charge in [-0.15, -0.1) is 0 Å². The van der Waals surface area contributed by atoms with Crippen molar-refractivity contribution in [2.24, 2.45) is 0 Å². The van der Waals surface area contributed by atoms with Crippen molar-refractivity contribution in [1.82, 2.24) is 4.98 Å². The number of fused-ring (bicyclic) bond motifs is 1. The maximum atomic E-state index is 11.7. The van der Waals surface area contributed by atoms with E-state index in [1.54, 1.807) is 0 Å². The van der Waals surface area contributed by atoms with Gasteiger partial charge in [-0.2, -0.15) is 0 Å². The van der Waals surface area contributed by atoms with Crippen LogP contribution in [0.5, 0.6) is 0 Å². The van der Waals surface area contributed by atoms with E-state index in [0.717, 1.165) is 22.2 Å². The lowest BCUT2D eigenvalue weighted by molar-refractivity contribution is -0.146. The number of nitrogens with one attached hydrogen (secondary N) is 1. The molecule has 0 saturated heterocycles. The molecule has 0 saturated carbocycles. The molecule has 3 heteroatoms. The number of hydrogen-bond acceptors (Lipinski definition) is 2. The molecule has 0 bridgehead atoms. The number of aromatic amines is 1. The van der Waals surface area contributed by atoms with E-state index in [-0.39, 0.29) is 12.1 Å². The third-order valence-corrected chi connectivity index (χ3v) is 5.19. The van der Waals surface area contributed by atoms with Crippen LogP contribution in [0.3, 0.4) is 0 Å². The van der Waals surface area contributed by atoms with Crippen LogP contribution in [0.1, 0.15) is 35.4 Å². The van der Waals surface area contributed by atoms with Crippen LogP contribution in [0.25, 0.3) is 22.0 Å². The van der Waals surface area contributed by atoms with Crippen molar-refractivity contribution in [3.63, 3.8) is 0 Å². The molecule has 1 aromatic heterocycles. The molecule has 0 aliphatic rings. The number of ether oxygens (including phenoxy) is 1. The predicted octanol–water partition coefficient (Wildman–Crippen LogP) is 6.30. The lowest BCUT2D eigenvalue weighted by Crippen LogP contribution is -2.11. The first-order chi connectivity index (χ1) is 14.0. The third-order valence-electron chi connectivity index (χ3n) is 5.19. The minimum atomic E-state index is -0.343. The van der Waals surface area contributed by atoms with E-state index in [0.29, 0.717) is 6.42 Å². The summed E-state index contributed by atoms with van der Waals surface area (Å²) in [4.78, 5) is 15.2. The van der Waals surface area contributed by atoms with Gasteiger partial charge in [0, 0.05) is 24.2 Å². The molecule has 0 fully saturated rings. The number of H-pyrrole nitrogens is 1. The van der Waals surface area contributed by atoms with Gasteiger partial charge < -0.3 is 9.72 Å². The smallest absolute Gasteiger partial charge is 0.303 e. The zero-order valence-corrected chi connectivity index (χ0v) is 17.0. The SMILES string of the molecule is CC(=O)O[C@H](Cc1ccc(C)cc1)c1cc2cc(-c3cccc(C)c3)ccc2[nH]1. The molecule has 29 heavy (non-hydrogen) atoms. The molecular weight excluding hydrogens is 358 g/mol. The van der Waals surface area contributed by atoms with Gasteiger partial charge in [-0.25, -0.2) is 0 Å². The van der Waals surface area contributed by atoms with Crippen LogP contribution in [0, 0.1) is 13.8 Å². The highest BCUT2D eigenvalue weighted by atomic mass is 16.5. The highest BCUT2D eigenvalue weighted by Crippen LogP contribution is 2.29. The number of rotatable bonds is 5. The lowest BCUT2D eigenvalue weighted by Gasteiger charge is -2.16. The standard InChI is InChI=1S/C26H25NO2/c1-17-7-9-20(10-8-17)14-26(29-19(3)28)25-16-23-15-22(11-12-24(23)27-25)21-6-4-5-18(2)13-21/h4-13,15-16,26-27H,14H2,1-3H3/t26-/m1/s1. The van der Waals surface area contributed by atoms with Gasteiger partial charge in [-0.05, 0) is 48.7 Å². The van der Waals surface area contributed by atoms with Gasteiger partial charge in [0.2, 0.25) is 0 Å². The first kappa shape index (κ1) is 19.0.